The summed E-state index contributed by atoms with van der Waals surface area (Å²) in [6.45, 7) is 0. The van der Waals surface area contributed by atoms with Crippen LogP contribution in [0.1, 0.15) is 0 Å². The average molecular weight is 376 g/mol. The molecular weight excluding hydrogens is 376 g/mol. The van der Waals surface area contributed by atoms with E-state index in [0.717, 1.165) is 0 Å². The third-order valence-corrected chi connectivity index (χ3v) is 0. The fraction of sp³-hybridized carbons (Fsp3) is 0. The van der Waals surface area contributed by atoms with Gasteiger partial charge in [0.05, 0.1) is 0 Å². The minimum atomic E-state index is -1.75. The van der Waals surface area contributed by atoms with Crippen LogP contribution in [0.25, 0.3) is 0 Å². The van der Waals surface area contributed by atoms with Crippen LogP contribution in [0.3, 0.4) is 0 Å². The molecule has 13 heavy (non-hydrogen) atoms. The van der Waals surface area contributed by atoms with Gasteiger partial charge < -0.3 is 0 Å². The van der Waals surface area contributed by atoms with E-state index in [1.807, 2.05) is 0 Å². The van der Waals surface area contributed by atoms with Gasteiger partial charge in [-0.25, -0.2) is 0 Å². The summed E-state index contributed by atoms with van der Waals surface area (Å²) >= 11 is -7.00. The molecule has 0 aromatic carbocycles. The van der Waals surface area contributed by atoms with Crippen molar-refractivity contribution < 1.29 is 73.6 Å². The van der Waals surface area contributed by atoms with Crippen molar-refractivity contribution in [2.45, 2.75) is 0 Å². The molecule has 0 amide bonds. The molecule has 0 heterocycles. The van der Waals surface area contributed by atoms with Crippen LogP contribution in [0.4, 0.5) is 0 Å². The van der Waals surface area contributed by atoms with Gasteiger partial charge in [-0.3, -0.25) is 0 Å². The molecule has 13 heteroatoms. The summed E-state index contributed by atoms with van der Waals surface area (Å²) in [6.07, 6.45) is 0. The average Bonchev–Trinajstić information content (AvgIpc) is 1.92. The van der Waals surface area contributed by atoms with Crippen molar-refractivity contribution in [1.29, 1.82) is 0 Å². The summed E-state index contributed by atoms with van der Waals surface area (Å²) in [5.74, 6) is 0. The quantitative estimate of drug-likeness (QED) is 0.377. The first kappa shape index (κ1) is 29.4. The molecule has 0 atom stereocenters. The Morgan fingerprint density at radius 1 is 0.538 bits per heavy atom. The SMILES string of the molecule is [Ce+4].[O]=[Al][O-].[O]=[Al][O-].[O]=[Al][O-].[O]=[Al][O-]. The maximum absolute atomic E-state index is 8.46. The van der Waals surface area contributed by atoms with Crippen molar-refractivity contribution in [1.82, 2.24) is 0 Å². The normalized spacial score (nSPS) is 2.46. The van der Waals surface area contributed by atoms with E-state index in [9.17, 15) is 0 Å². The molecule has 0 fully saturated rings. The van der Waals surface area contributed by atoms with Crippen molar-refractivity contribution >= 4 is 61.9 Å². The third-order valence-electron chi connectivity index (χ3n) is 0. The van der Waals surface area contributed by atoms with Gasteiger partial charge in [0.2, 0.25) is 0 Å². The standard InChI is InChI=1S/4Al.Ce.8O/q;;;;+4;;;;;4*-1. The summed E-state index contributed by atoms with van der Waals surface area (Å²) < 4.78 is 67.7. The van der Waals surface area contributed by atoms with Gasteiger partial charge in [0, 0.05) is 0 Å². The van der Waals surface area contributed by atoms with Crippen LogP contribution in [0.15, 0.2) is 0 Å². The van der Waals surface area contributed by atoms with Crippen LogP contribution in [-0.4, -0.2) is 61.9 Å². The molecule has 8 nitrogen and oxygen atoms in total. The van der Waals surface area contributed by atoms with Gasteiger partial charge in [0.25, 0.3) is 0 Å². The van der Waals surface area contributed by atoms with Crippen LogP contribution >= 0.6 is 0 Å². The van der Waals surface area contributed by atoms with E-state index in [1.54, 1.807) is 0 Å². The Kier molecular flexibility index (Phi) is 150. The Labute approximate surface area is 133 Å². The van der Waals surface area contributed by atoms with E-state index in [4.69, 9.17) is 31.8 Å². The third kappa shape index (κ3) is 542. The fourth-order valence-electron chi connectivity index (χ4n) is 0. The second kappa shape index (κ2) is 66.4. The molecular formula is Al4CeO8. The first-order valence-corrected chi connectivity index (χ1v) is 5.66. The molecule has 0 N–H and O–H groups in total. The predicted octanol–water partition coefficient (Wildman–Crippen LogP) is -6.75. The number of rotatable bonds is 0. The zero-order chi connectivity index (χ0) is 10.8. The van der Waals surface area contributed by atoms with Gasteiger partial charge >= 0.3 is 136 Å². The van der Waals surface area contributed by atoms with Crippen LogP contribution in [-0.2, 0) is 15.2 Å². The van der Waals surface area contributed by atoms with E-state index >= 15 is 0 Å². The van der Waals surface area contributed by atoms with E-state index in [1.165, 1.54) is 0 Å². The molecule has 0 aliphatic rings. The first-order valence-electron chi connectivity index (χ1n) is 1.89. The monoisotopic (exact) mass is 376 g/mol. The number of hydrogen-bond donors (Lipinski definition) is 0. The maximum atomic E-state index is 8.46. The fourth-order valence-corrected chi connectivity index (χ4v) is 0. The van der Waals surface area contributed by atoms with Gasteiger partial charge in [-0.1, -0.05) is 0 Å². The van der Waals surface area contributed by atoms with Crippen molar-refractivity contribution in [3.05, 3.63) is 0 Å². The predicted molar refractivity (Wildman–Crippen MR) is 25.8 cm³/mol. The molecule has 0 aliphatic heterocycles. The second-order valence-electron chi connectivity index (χ2n) is 0.385. The summed E-state index contributed by atoms with van der Waals surface area (Å²) in [5, 5.41) is 0. The Bertz CT molecular complexity index is 70.1. The summed E-state index contributed by atoms with van der Waals surface area (Å²) in [5.41, 5.74) is 0. The summed E-state index contributed by atoms with van der Waals surface area (Å²) in [6, 6.07) is 0. The molecule has 0 aliphatic carbocycles. The van der Waals surface area contributed by atoms with Crippen molar-refractivity contribution in [2.24, 2.45) is 0 Å². The van der Waals surface area contributed by atoms with Crippen LogP contribution in [0.5, 0.6) is 0 Å². The van der Waals surface area contributed by atoms with E-state index in [0.29, 0.717) is 0 Å². The molecule has 0 saturated carbocycles. The van der Waals surface area contributed by atoms with Crippen molar-refractivity contribution in [3.63, 3.8) is 0 Å². The Balaban J connectivity index is -0.0000000213. The topological polar surface area (TPSA) is 161 Å². The summed E-state index contributed by atoms with van der Waals surface area (Å²) in [4.78, 5) is 0. The molecule has 0 spiro atoms. The minimum absolute atomic E-state index is 0. The van der Waals surface area contributed by atoms with E-state index in [2.05, 4.69) is 0 Å². The van der Waals surface area contributed by atoms with Crippen LogP contribution < -0.4 is 16.6 Å². The van der Waals surface area contributed by atoms with E-state index in [-0.39, 0.29) is 41.7 Å². The molecule has 0 radical (unpaired) electrons. The van der Waals surface area contributed by atoms with Crippen LogP contribution in [0, 0.1) is 41.7 Å². The summed E-state index contributed by atoms with van der Waals surface area (Å²) in [7, 11) is 0. The Morgan fingerprint density at radius 2 is 0.538 bits per heavy atom. The van der Waals surface area contributed by atoms with Gasteiger partial charge in [0.15, 0.2) is 0 Å². The van der Waals surface area contributed by atoms with Crippen molar-refractivity contribution in [2.75, 3.05) is 0 Å². The number of hydrogen-bond acceptors (Lipinski definition) is 8. The molecule has 0 aromatic rings. The molecule has 0 aromatic heterocycles. The van der Waals surface area contributed by atoms with Crippen molar-refractivity contribution in [3.8, 4) is 0 Å². The van der Waals surface area contributed by atoms with E-state index < -0.39 is 61.9 Å². The van der Waals surface area contributed by atoms with Crippen LogP contribution in [0.2, 0.25) is 0 Å². The van der Waals surface area contributed by atoms with Gasteiger partial charge in [-0.15, -0.1) is 0 Å². The molecule has 0 bridgehead atoms. The van der Waals surface area contributed by atoms with Gasteiger partial charge in [-0.05, 0) is 0 Å². The zero-order valence-corrected chi connectivity index (χ0v) is 13.8. The second-order valence-corrected chi connectivity index (χ2v) is 1.15. The molecule has 0 unspecified atom stereocenters. The Morgan fingerprint density at radius 3 is 0.538 bits per heavy atom. The Hall–Kier alpha value is 1.91. The molecule has 0 rings (SSSR count). The first-order chi connectivity index (χ1) is 5.66. The molecule has 64 valence electrons. The zero-order valence-electron chi connectivity index (χ0n) is 6.08. The molecule has 0 saturated heterocycles. The van der Waals surface area contributed by atoms with Gasteiger partial charge in [-0.2, -0.15) is 0 Å². The van der Waals surface area contributed by atoms with Gasteiger partial charge in [0.1, 0.15) is 0 Å².